The summed E-state index contributed by atoms with van der Waals surface area (Å²) in [6.07, 6.45) is 5.62. The van der Waals surface area contributed by atoms with Crippen molar-refractivity contribution in [1.29, 1.82) is 0 Å². The number of pyridine rings is 1. The Morgan fingerprint density at radius 1 is 1.05 bits per heavy atom. The van der Waals surface area contributed by atoms with E-state index in [0.717, 1.165) is 22.5 Å². The highest BCUT2D eigenvalue weighted by atomic mass is 15.3. The van der Waals surface area contributed by atoms with Crippen LogP contribution in [0.25, 0.3) is 16.8 Å². The number of benzene rings is 1. The molecule has 0 fully saturated rings. The Balaban J connectivity index is 1.97. The molecule has 0 aliphatic heterocycles. The second-order valence-corrected chi connectivity index (χ2v) is 4.25. The zero-order valence-corrected chi connectivity index (χ0v) is 10.4. The van der Waals surface area contributed by atoms with Crippen LogP contribution in [0.15, 0.2) is 61.1 Å². The van der Waals surface area contributed by atoms with Crippen LogP contribution in [0.1, 0.15) is 5.69 Å². The van der Waals surface area contributed by atoms with Gasteiger partial charge in [-0.15, -0.1) is 0 Å². The van der Waals surface area contributed by atoms with E-state index in [0.29, 0.717) is 6.54 Å². The summed E-state index contributed by atoms with van der Waals surface area (Å²) in [5, 5.41) is 4.39. The molecule has 0 atom stereocenters. The highest BCUT2D eigenvalue weighted by Crippen LogP contribution is 2.19. The number of nitrogens with zero attached hydrogens (tertiary/aromatic N) is 3. The summed E-state index contributed by atoms with van der Waals surface area (Å²) in [5.41, 5.74) is 9.67. The molecule has 94 valence electrons. The van der Waals surface area contributed by atoms with E-state index in [1.165, 1.54) is 0 Å². The molecule has 0 spiro atoms. The van der Waals surface area contributed by atoms with Gasteiger partial charge in [0.25, 0.3) is 0 Å². The Morgan fingerprint density at radius 2 is 1.89 bits per heavy atom. The quantitative estimate of drug-likeness (QED) is 0.776. The van der Waals surface area contributed by atoms with Gasteiger partial charge in [0.1, 0.15) is 0 Å². The van der Waals surface area contributed by atoms with Crippen LogP contribution in [0.4, 0.5) is 0 Å². The minimum Gasteiger partial charge on any atom is -0.325 e. The predicted octanol–water partition coefficient (Wildman–Crippen LogP) is 2.39. The van der Waals surface area contributed by atoms with Gasteiger partial charge in [-0.05, 0) is 17.7 Å². The second kappa shape index (κ2) is 5.04. The zero-order chi connectivity index (χ0) is 13.1. The second-order valence-electron chi connectivity index (χ2n) is 4.25. The maximum absolute atomic E-state index is 5.60. The maximum atomic E-state index is 5.60. The molecule has 1 aromatic carbocycles. The van der Waals surface area contributed by atoms with E-state index < -0.39 is 0 Å². The molecule has 2 N–H and O–H groups in total. The number of rotatable bonds is 3. The Morgan fingerprint density at radius 3 is 2.68 bits per heavy atom. The van der Waals surface area contributed by atoms with Gasteiger partial charge >= 0.3 is 0 Å². The van der Waals surface area contributed by atoms with Crippen molar-refractivity contribution in [2.75, 3.05) is 0 Å². The van der Waals surface area contributed by atoms with Crippen molar-refractivity contribution in [2.24, 2.45) is 5.73 Å². The molecule has 2 heterocycles. The molecular formula is C15H14N4. The molecule has 0 bridgehead atoms. The highest BCUT2D eigenvalue weighted by Gasteiger charge is 2.03. The van der Waals surface area contributed by atoms with Gasteiger partial charge in [0, 0.05) is 24.5 Å². The van der Waals surface area contributed by atoms with Crippen molar-refractivity contribution in [3.63, 3.8) is 0 Å². The van der Waals surface area contributed by atoms with Gasteiger partial charge in [-0.3, -0.25) is 4.98 Å². The van der Waals surface area contributed by atoms with Crippen LogP contribution in [0, 0.1) is 0 Å². The monoisotopic (exact) mass is 250 g/mol. The minimum absolute atomic E-state index is 0.431. The lowest BCUT2D eigenvalue weighted by molar-refractivity contribution is 0.867. The fraction of sp³-hybridized carbons (Fsp3) is 0.0667. The average molecular weight is 250 g/mol. The van der Waals surface area contributed by atoms with Crippen molar-refractivity contribution in [1.82, 2.24) is 14.8 Å². The first-order chi connectivity index (χ1) is 9.36. The molecule has 0 aliphatic rings. The first-order valence-corrected chi connectivity index (χ1v) is 6.12. The van der Waals surface area contributed by atoms with E-state index in [2.05, 4.69) is 22.2 Å². The van der Waals surface area contributed by atoms with Crippen molar-refractivity contribution in [3.8, 4) is 16.8 Å². The first-order valence-electron chi connectivity index (χ1n) is 6.12. The Labute approximate surface area is 111 Å². The third kappa shape index (κ3) is 2.39. The normalized spacial score (nSPS) is 10.6. The number of hydrogen-bond acceptors (Lipinski definition) is 3. The van der Waals surface area contributed by atoms with Crippen LogP contribution in [-0.2, 0) is 6.54 Å². The lowest BCUT2D eigenvalue weighted by Gasteiger charge is -2.02. The SMILES string of the molecule is NCc1cc(-n2cc(-c3ccccc3)cn2)ccn1. The van der Waals surface area contributed by atoms with E-state index in [9.17, 15) is 0 Å². The first kappa shape index (κ1) is 11.6. The topological polar surface area (TPSA) is 56.7 Å². The van der Waals surface area contributed by atoms with Gasteiger partial charge in [0.15, 0.2) is 0 Å². The molecule has 0 amide bonds. The Hall–Kier alpha value is -2.46. The molecule has 3 aromatic rings. The largest absolute Gasteiger partial charge is 0.325 e. The van der Waals surface area contributed by atoms with Crippen LogP contribution >= 0.6 is 0 Å². The molecule has 2 aromatic heterocycles. The van der Waals surface area contributed by atoms with Gasteiger partial charge in [0.2, 0.25) is 0 Å². The average Bonchev–Trinajstić information content (AvgIpc) is 2.98. The number of nitrogens with two attached hydrogens (primary N) is 1. The summed E-state index contributed by atoms with van der Waals surface area (Å²) in [6.45, 7) is 0.431. The predicted molar refractivity (Wildman–Crippen MR) is 74.7 cm³/mol. The molecule has 0 saturated carbocycles. The summed E-state index contributed by atoms with van der Waals surface area (Å²) in [5.74, 6) is 0. The lowest BCUT2D eigenvalue weighted by atomic mass is 10.1. The van der Waals surface area contributed by atoms with Crippen LogP contribution in [0.2, 0.25) is 0 Å². The van der Waals surface area contributed by atoms with E-state index in [1.54, 1.807) is 6.20 Å². The van der Waals surface area contributed by atoms with E-state index in [-0.39, 0.29) is 0 Å². The van der Waals surface area contributed by atoms with E-state index >= 15 is 0 Å². The third-order valence-electron chi connectivity index (χ3n) is 2.96. The summed E-state index contributed by atoms with van der Waals surface area (Å²) in [4.78, 5) is 4.18. The zero-order valence-electron chi connectivity index (χ0n) is 10.4. The fourth-order valence-electron chi connectivity index (χ4n) is 1.96. The molecule has 19 heavy (non-hydrogen) atoms. The van der Waals surface area contributed by atoms with Gasteiger partial charge in [0.05, 0.1) is 17.6 Å². The van der Waals surface area contributed by atoms with Crippen molar-refractivity contribution < 1.29 is 0 Å². The molecule has 0 aliphatic carbocycles. The molecule has 4 heteroatoms. The van der Waals surface area contributed by atoms with Crippen LogP contribution in [0.3, 0.4) is 0 Å². The smallest absolute Gasteiger partial charge is 0.0679 e. The summed E-state index contributed by atoms with van der Waals surface area (Å²) in [7, 11) is 0. The standard InChI is InChI=1S/C15H14N4/c16-9-14-8-15(6-7-17-14)19-11-13(10-18-19)12-4-2-1-3-5-12/h1-8,10-11H,9,16H2. The molecule has 0 unspecified atom stereocenters. The minimum atomic E-state index is 0.431. The number of aromatic nitrogens is 3. The van der Waals surface area contributed by atoms with Crippen molar-refractivity contribution in [3.05, 3.63) is 66.7 Å². The van der Waals surface area contributed by atoms with Crippen molar-refractivity contribution in [2.45, 2.75) is 6.54 Å². The van der Waals surface area contributed by atoms with Crippen LogP contribution < -0.4 is 5.73 Å². The van der Waals surface area contributed by atoms with E-state index in [4.69, 9.17) is 5.73 Å². The summed E-state index contributed by atoms with van der Waals surface area (Å²) >= 11 is 0. The van der Waals surface area contributed by atoms with E-state index in [1.807, 2.05) is 47.4 Å². The van der Waals surface area contributed by atoms with Gasteiger partial charge in [-0.25, -0.2) is 4.68 Å². The Kier molecular flexibility index (Phi) is 3.08. The van der Waals surface area contributed by atoms with Crippen molar-refractivity contribution >= 4 is 0 Å². The molecule has 0 saturated heterocycles. The number of hydrogen-bond donors (Lipinski definition) is 1. The molecule has 4 nitrogen and oxygen atoms in total. The van der Waals surface area contributed by atoms with Gasteiger partial charge in [-0.2, -0.15) is 5.10 Å². The Bertz CT molecular complexity index is 673. The molecular weight excluding hydrogens is 236 g/mol. The summed E-state index contributed by atoms with van der Waals surface area (Å²) < 4.78 is 1.84. The maximum Gasteiger partial charge on any atom is 0.0679 e. The molecule has 0 radical (unpaired) electrons. The van der Waals surface area contributed by atoms with Gasteiger partial charge < -0.3 is 5.73 Å². The third-order valence-corrected chi connectivity index (χ3v) is 2.96. The molecule has 3 rings (SSSR count). The van der Waals surface area contributed by atoms with Crippen LogP contribution in [-0.4, -0.2) is 14.8 Å². The van der Waals surface area contributed by atoms with Crippen LogP contribution in [0.5, 0.6) is 0 Å². The fourth-order valence-corrected chi connectivity index (χ4v) is 1.96. The summed E-state index contributed by atoms with van der Waals surface area (Å²) in [6, 6.07) is 14.0. The highest BCUT2D eigenvalue weighted by molar-refractivity contribution is 5.61. The lowest BCUT2D eigenvalue weighted by Crippen LogP contribution is -2.02. The van der Waals surface area contributed by atoms with Gasteiger partial charge in [-0.1, -0.05) is 30.3 Å².